The molecule has 3 rings (SSSR count). The normalized spacial score (nSPS) is 12.0. The number of benzene rings is 2. The van der Waals surface area contributed by atoms with Crippen LogP contribution in [-0.4, -0.2) is 17.6 Å². The molecule has 1 heterocycles. The van der Waals surface area contributed by atoms with Crippen LogP contribution in [0.4, 0.5) is 4.39 Å². The van der Waals surface area contributed by atoms with E-state index in [2.05, 4.69) is 24.9 Å². The molecular weight excluding hydrogens is 377 g/mol. The van der Waals surface area contributed by atoms with Crippen LogP contribution < -0.4 is 0 Å². The highest BCUT2D eigenvalue weighted by Crippen LogP contribution is 2.34. The van der Waals surface area contributed by atoms with Gasteiger partial charge in [-0.2, -0.15) is 0 Å². The van der Waals surface area contributed by atoms with Gasteiger partial charge in [-0.3, -0.25) is 9.78 Å². The van der Waals surface area contributed by atoms with Gasteiger partial charge in [-0.1, -0.05) is 50.2 Å². The summed E-state index contributed by atoms with van der Waals surface area (Å²) in [5.74, 6) is -0.217. The summed E-state index contributed by atoms with van der Waals surface area (Å²) < 4.78 is 18.3. The molecule has 156 valence electrons. The minimum Gasteiger partial charge on any atom is -0.466 e. The first-order valence-corrected chi connectivity index (χ1v) is 10.4. The molecule has 0 saturated carbocycles. The Morgan fingerprint density at radius 1 is 1.00 bits per heavy atom. The lowest BCUT2D eigenvalue weighted by Gasteiger charge is -2.20. The van der Waals surface area contributed by atoms with E-state index in [1.807, 2.05) is 49.4 Å². The van der Waals surface area contributed by atoms with Crippen molar-refractivity contribution in [3.05, 3.63) is 78.0 Å². The van der Waals surface area contributed by atoms with Gasteiger partial charge >= 0.3 is 5.97 Å². The molecule has 3 aromatic rings. The molecule has 2 aromatic carbocycles. The summed E-state index contributed by atoms with van der Waals surface area (Å²) >= 11 is 0. The van der Waals surface area contributed by atoms with E-state index in [0.29, 0.717) is 24.5 Å². The Bertz CT molecular complexity index is 968. The Morgan fingerprint density at radius 2 is 1.73 bits per heavy atom. The first kappa shape index (κ1) is 21.7. The molecule has 30 heavy (non-hydrogen) atoms. The molecule has 4 heteroatoms. The molecule has 0 radical (unpaired) electrons. The number of hydrogen-bond acceptors (Lipinski definition) is 3. The van der Waals surface area contributed by atoms with Gasteiger partial charge in [0.25, 0.3) is 0 Å². The number of carbonyl (C=O) groups excluding carboxylic acids is 1. The van der Waals surface area contributed by atoms with Gasteiger partial charge in [-0.05, 0) is 65.8 Å². The molecule has 1 aromatic heterocycles. The van der Waals surface area contributed by atoms with E-state index in [0.717, 1.165) is 27.9 Å². The predicted octanol–water partition coefficient (Wildman–Crippen LogP) is 6.58. The van der Waals surface area contributed by atoms with Crippen molar-refractivity contribution in [3.63, 3.8) is 0 Å². The Balaban J connectivity index is 2.13. The van der Waals surface area contributed by atoms with Crippen molar-refractivity contribution in [2.24, 2.45) is 5.92 Å². The van der Waals surface area contributed by atoms with Gasteiger partial charge in [0.15, 0.2) is 0 Å². The highest BCUT2D eigenvalue weighted by molar-refractivity contribution is 5.81. The van der Waals surface area contributed by atoms with Gasteiger partial charge in [0.05, 0.1) is 18.2 Å². The first-order valence-electron chi connectivity index (χ1n) is 10.4. The molecule has 0 fully saturated rings. The van der Waals surface area contributed by atoms with Crippen LogP contribution in [0.15, 0.2) is 66.9 Å². The molecule has 0 saturated heterocycles. The number of ether oxygens (including phenoxy) is 1. The Hall–Kier alpha value is -3.01. The summed E-state index contributed by atoms with van der Waals surface area (Å²) in [5, 5.41) is 0. The number of pyridine rings is 1. The highest BCUT2D eigenvalue weighted by atomic mass is 19.1. The van der Waals surface area contributed by atoms with Crippen LogP contribution in [0.25, 0.3) is 22.4 Å². The van der Waals surface area contributed by atoms with Crippen LogP contribution in [0.2, 0.25) is 0 Å². The molecule has 3 nitrogen and oxygen atoms in total. The van der Waals surface area contributed by atoms with Crippen molar-refractivity contribution in [1.82, 2.24) is 4.98 Å². The van der Waals surface area contributed by atoms with Crippen LogP contribution in [0.5, 0.6) is 0 Å². The van der Waals surface area contributed by atoms with E-state index < -0.39 is 6.67 Å². The maximum Gasteiger partial charge on any atom is 0.313 e. The summed E-state index contributed by atoms with van der Waals surface area (Å²) in [5.41, 5.74) is 5.28. The van der Waals surface area contributed by atoms with E-state index in [4.69, 9.17) is 4.74 Å². The lowest BCUT2D eigenvalue weighted by atomic mass is 9.86. The zero-order chi connectivity index (χ0) is 21.5. The molecule has 0 aliphatic heterocycles. The molecule has 0 N–H and O–H groups in total. The van der Waals surface area contributed by atoms with Gasteiger partial charge in [-0.15, -0.1) is 0 Å². The van der Waals surface area contributed by atoms with E-state index in [1.54, 1.807) is 18.3 Å². The second-order valence-corrected chi connectivity index (χ2v) is 7.82. The third kappa shape index (κ3) is 5.32. The summed E-state index contributed by atoms with van der Waals surface area (Å²) in [7, 11) is 0. The molecule has 0 spiro atoms. The lowest BCUT2D eigenvalue weighted by Crippen LogP contribution is -2.18. The molecule has 1 atom stereocenters. The maximum absolute atomic E-state index is 12.9. The molecule has 0 aliphatic carbocycles. The zero-order valence-corrected chi connectivity index (χ0v) is 17.8. The monoisotopic (exact) mass is 405 g/mol. The maximum atomic E-state index is 12.9. The number of aromatic nitrogens is 1. The molecule has 1 unspecified atom stereocenters. The summed E-state index contributed by atoms with van der Waals surface area (Å²) in [6.07, 6.45) is 2.46. The average molecular weight is 406 g/mol. The van der Waals surface area contributed by atoms with Crippen LogP contribution in [-0.2, 0) is 16.2 Å². The number of esters is 1. The summed E-state index contributed by atoms with van der Waals surface area (Å²) in [4.78, 5) is 17.3. The lowest BCUT2D eigenvalue weighted by molar-refractivity contribution is -0.145. The Labute approximate surface area is 177 Å². The van der Waals surface area contributed by atoms with Gasteiger partial charge in [0, 0.05) is 11.8 Å². The number of hydrogen-bond donors (Lipinski definition) is 0. The predicted molar refractivity (Wildman–Crippen MR) is 119 cm³/mol. The molecular formula is C26H28FNO2. The quantitative estimate of drug-likeness (QED) is 0.398. The fraction of sp³-hybridized carbons (Fsp3) is 0.308. The van der Waals surface area contributed by atoms with Crippen molar-refractivity contribution in [1.29, 1.82) is 0 Å². The second-order valence-electron chi connectivity index (χ2n) is 7.82. The van der Waals surface area contributed by atoms with Gasteiger partial charge in [-0.25, -0.2) is 4.39 Å². The van der Waals surface area contributed by atoms with Crippen molar-refractivity contribution in [2.45, 2.75) is 39.8 Å². The van der Waals surface area contributed by atoms with Crippen molar-refractivity contribution >= 4 is 5.97 Å². The fourth-order valence-electron chi connectivity index (χ4n) is 3.57. The summed E-state index contributed by atoms with van der Waals surface area (Å²) in [6.45, 7) is 5.90. The van der Waals surface area contributed by atoms with E-state index in [9.17, 15) is 9.18 Å². The van der Waals surface area contributed by atoms with Crippen molar-refractivity contribution in [2.75, 3.05) is 6.61 Å². The molecule has 0 amide bonds. The second kappa shape index (κ2) is 10.1. The Morgan fingerprint density at radius 3 is 2.33 bits per heavy atom. The van der Waals surface area contributed by atoms with Gasteiger partial charge in [0.1, 0.15) is 6.67 Å². The minimum atomic E-state index is -0.487. The van der Waals surface area contributed by atoms with Crippen molar-refractivity contribution < 1.29 is 13.9 Å². The molecule has 0 bridgehead atoms. The van der Waals surface area contributed by atoms with Crippen molar-refractivity contribution in [3.8, 4) is 22.4 Å². The standard InChI is InChI=1S/C26H28FNO2/c1-4-30-26(29)24(13-18(2)3)22-14-21(20-10-8-19(17-27)9-11-20)15-23(16-22)25-7-5-6-12-28-25/h5-12,14-16,18,24H,4,13,17H2,1-3H3. The van der Waals surface area contributed by atoms with Gasteiger partial charge in [0.2, 0.25) is 0 Å². The SMILES string of the molecule is CCOC(=O)C(CC(C)C)c1cc(-c2ccc(CF)cc2)cc(-c2ccccn2)c1. The number of halogens is 1. The van der Waals surface area contributed by atoms with Crippen LogP contribution in [0, 0.1) is 5.92 Å². The number of nitrogens with zero attached hydrogens (tertiary/aromatic N) is 1. The number of rotatable bonds is 8. The number of alkyl halides is 1. The topological polar surface area (TPSA) is 39.2 Å². The van der Waals surface area contributed by atoms with E-state index in [1.165, 1.54) is 0 Å². The van der Waals surface area contributed by atoms with E-state index in [-0.39, 0.29) is 11.9 Å². The van der Waals surface area contributed by atoms with Gasteiger partial charge < -0.3 is 4.74 Å². The van der Waals surface area contributed by atoms with Crippen LogP contribution in [0.3, 0.4) is 0 Å². The molecule has 0 aliphatic rings. The number of carbonyl (C=O) groups is 1. The summed E-state index contributed by atoms with van der Waals surface area (Å²) in [6, 6.07) is 19.3. The van der Waals surface area contributed by atoms with Crippen LogP contribution in [0.1, 0.15) is 44.2 Å². The minimum absolute atomic E-state index is 0.205. The third-order valence-corrected chi connectivity index (χ3v) is 5.04. The zero-order valence-electron chi connectivity index (χ0n) is 17.8. The third-order valence-electron chi connectivity index (χ3n) is 5.04. The van der Waals surface area contributed by atoms with Crippen LogP contribution >= 0.6 is 0 Å². The fourth-order valence-corrected chi connectivity index (χ4v) is 3.57. The largest absolute Gasteiger partial charge is 0.466 e. The smallest absolute Gasteiger partial charge is 0.313 e. The Kier molecular flexibility index (Phi) is 7.34. The average Bonchev–Trinajstić information content (AvgIpc) is 2.78. The van der Waals surface area contributed by atoms with E-state index >= 15 is 0 Å². The first-order chi connectivity index (χ1) is 14.5. The highest BCUT2D eigenvalue weighted by Gasteiger charge is 2.24.